The molecule has 2 aromatic heterocycles. The fourth-order valence-corrected chi connectivity index (χ4v) is 2.22. The molecule has 2 rings (SSSR count). The van der Waals surface area contributed by atoms with Gasteiger partial charge in [0.15, 0.2) is 0 Å². The van der Waals surface area contributed by atoms with Crippen molar-refractivity contribution in [1.82, 2.24) is 15.2 Å². The number of aromatic amines is 1. The van der Waals surface area contributed by atoms with Crippen LogP contribution >= 0.6 is 11.3 Å². The Bertz CT molecular complexity index is 689. The van der Waals surface area contributed by atoms with Crippen molar-refractivity contribution in [2.45, 2.75) is 13.8 Å². The van der Waals surface area contributed by atoms with Crippen molar-refractivity contribution in [1.29, 1.82) is 0 Å². The highest BCUT2D eigenvalue weighted by Crippen LogP contribution is 2.25. The van der Waals surface area contributed by atoms with Gasteiger partial charge in [-0.25, -0.2) is 14.9 Å². The van der Waals surface area contributed by atoms with E-state index in [4.69, 9.17) is 4.42 Å². The van der Waals surface area contributed by atoms with E-state index >= 15 is 0 Å². The molecule has 0 atom stereocenters. The first kappa shape index (κ1) is 13.2. The van der Waals surface area contributed by atoms with Gasteiger partial charge in [-0.05, 0) is 13.8 Å². The quantitative estimate of drug-likeness (QED) is 0.870. The molecule has 0 saturated heterocycles. The molecular formula is C13H13N3O2S. The highest BCUT2D eigenvalue weighted by atomic mass is 32.1. The molecule has 0 unspecified atom stereocenters. The molecule has 98 valence electrons. The summed E-state index contributed by atoms with van der Waals surface area (Å²) < 4.78 is 4.87. The zero-order chi connectivity index (χ0) is 13.7. The van der Waals surface area contributed by atoms with E-state index in [0.29, 0.717) is 5.69 Å². The van der Waals surface area contributed by atoms with E-state index in [1.165, 1.54) is 11.3 Å². The Hall–Kier alpha value is -2.21. The molecule has 0 spiro atoms. The maximum atomic E-state index is 10.9. The highest BCUT2D eigenvalue weighted by molar-refractivity contribution is 7.11. The lowest BCUT2D eigenvalue weighted by atomic mass is 10.2. The Morgan fingerprint density at radius 2 is 2.26 bits per heavy atom. The van der Waals surface area contributed by atoms with Crippen LogP contribution in [0.3, 0.4) is 0 Å². The van der Waals surface area contributed by atoms with Crippen LogP contribution in [0.1, 0.15) is 18.9 Å². The van der Waals surface area contributed by atoms with E-state index in [9.17, 15) is 4.79 Å². The third-order valence-corrected chi connectivity index (χ3v) is 3.11. The first-order valence-corrected chi connectivity index (χ1v) is 6.60. The monoisotopic (exact) mass is 275 g/mol. The third kappa shape index (κ3) is 3.17. The smallest absolute Gasteiger partial charge is 0.386 e. The minimum Gasteiger partial charge on any atom is -0.386 e. The number of allylic oxidation sites excluding steroid dienone is 6. The average molecular weight is 275 g/mol. The lowest BCUT2D eigenvalue weighted by Crippen LogP contribution is -1.93. The molecule has 0 amide bonds. The van der Waals surface area contributed by atoms with Gasteiger partial charge in [-0.2, -0.15) is 0 Å². The predicted molar refractivity (Wildman–Crippen MR) is 75.8 cm³/mol. The summed E-state index contributed by atoms with van der Waals surface area (Å²) in [6, 6.07) is 0. The maximum Gasteiger partial charge on any atom is 0.434 e. The van der Waals surface area contributed by atoms with Gasteiger partial charge in [-0.3, -0.25) is 0 Å². The lowest BCUT2D eigenvalue weighted by molar-refractivity contribution is 0.525. The Kier molecular flexibility index (Phi) is 4.25. The first-order chi connectivity index (χ1) is 9.24. The maximum absolute atomic E-state index is 10.9. The summed E-state index contributed by atoms with van der Waals surface area (Å²) >= 11 is 1.47. The molecule has 0 aliphatic heterocycles. The van der Waals surface area contributed by atoms with Gasteiger partial charge in [0.05, 0.1) is 0 Å². The van der Waals surface area contributed by atoms with Crippen LogP contribution in [-0.4, -0.2) is 15.2 Å². The summed E-state index contributed by atoms with van der Waals surface area (Å²) in [5, 5.41) is 8.62. The minimum atomic E-state index is -0.581. The molecule has 5 nitrogen and oxygen atoms in total. The van der Waals surface area contributed by atoms with Crippen molar-refractivity contribution in [2.75, 3.05) is 0 Å². The molecule has 1 N–H and O–H groups in total. The molecule has 0 aliphatic carbocycles. The summed E-state index contributed by atoms with van der Waals surface area (Å²) in [5.41, 5.74) is 1.55. The topological polar surface area (TPSA) is 71.8 Å². The Morgan fingerprint density at radius 3 is 2.89 bits per heavy atom. The van der Waals surface area contributed by atoms with Crippen LogP contribution in [-0.2, 0) is 0 Å². The Labute approximate surface area is 114 Å². The van der Waals surface area contributed by atoms with Gasteiger partial charge in [0.25, 0.3) is 5.89 Å². The van der Waals surface area contributed by atoms with E-state index in [2.05, 4.69) is 15.2 Å². The number of aromatic nitrogens is 3. The average Bonchev–Trinajstić information content (AvgIpc) is 3.03. The van der Waals surface area contributed by atoms with Crippen LogP contribution in [0, 0.1) is 0 Å². The molecule has 0 radical (unpaired) electrons. The number of hydrogen-bond acceptors (Lipinski definition) is 5. The largest absolute Gasteiger partial charge is 0.434 e. The van der Waals surface area contributed by atoms with E-state index in [1.54, 1.807) is 5.38 Å². The van der Waals surface area contributed by atoms with Crippen LogP contribution in [0.4, 0.5) is 0 Å². The van der Waals surface area contributed by atoms with E-state index < -0.39 is 5.76 Å². The SMILES string of the molecule is C\C=C/C(=C\C=C\C)c1nc(-c2n[nH]c(=O)o2)cs1. The molecule has 0 aliphatic rings. The standard InChI is InChI=1S/C13H13N3O2S/c1-3-5-7-9(6-4-2)12-14-10(8-19-12)11-15-16-13(17)18-11/h3-8H,1-2H3,(H,16,17)/b5-3+,6-4-,9-7+. The fraction of sp³-hybridized carbons (Fsp3) is 0.154. The molecule has 2 heterocycles. The summed E-state index contributed by atoms with van der Waals surface area (Å²) in [6.45, 7) is 3.90. The molecule has 0 aromatic carbocycles. The van der Waals surface area contributed by atoms with Crippen LogP contribution in [0.2, 0.25) is 0 Å². The van der Waals surface area contributed by atoms with E-state index in [0.717, 1.165) is 10.6 Å². The molecular weight excluding hydrogens is 262 g/mol. The van der Waals surface area contributed by atoms with Crippen molar-refractivity contribution in [3.05, 3.63) is 51.3 Å². The zero-order valence-electron chi connectivity index (χ0n) is 10.6. The van der Waals surface area contributed by atoms with Crippen LogP contribution < -0.4 is 5.76 Å². The van der Waals surface area contributed by atoms with Gasteiger partial charge >= 0.3 is 5.76 Å². The molecule has 0 fully saturated rings. The van der Waals surface area contributed by atoms with Gasteiger partial charge in [0.1, 0.15) is 10.7 Å². The van der Waals surface area contributed by atoms with Gasteiger partial charge in [-0.1, -0.05) is 30.4 Å². The molecule has 2 aromatic rings. The number of nitrogens with one attached hydrogen (secondary N) is 1. The number of rotatable bonds is 4. The normalized spacial score (nSPS) is 12.8. The van der Waals surface area contributed by atoms with Crippen molar-refractivity contribution in [3.8, 4) is 11.6 Å². The van der Waals surface area contributed by atoms with Crippen LogP contribution in [0.15, 0.2) is 45.0 Å². The highest BCUT2D eigenvalue weighted by Gasteiger charge is 2.11. The minimum absolute atomic E-state index is 0.207. The third-order valence-electron chi connectivity index (χ3n) is 2.22. The van der Waals surface area contributed by atoms with Gasteiger partial charge in [0.2, 0.25) is 0 Å². The van der Waals surface area contributed by atoms with Gasteiger partial charge in [0, 0.05) is 11.0 Å². The summed E-state index contributed by atoms with van der Waals surface area (Å²) in [5.74, 6) is -0.374. The summed E-state index contributed by atoms with van der Waals surface area (Å²) in [7, 11) is 0. The molecule has 0 saturated carbocycles. The Balaban J connectivity index is 2.36. The first-order valence-electron chi connectivity index (χ1n) is 5.72. The summed E-state index contributed by atoms with van der Waals surface area (Å²) in [4.78, 5) is 15.3. The molecule has 0 bridgehead atoms. The number of thiazole rings is 1. The van der Waals surface area contributed by atoms with Crippen molar-refractivity contribution in [2.24, 2.45) is 0 Å². The second-order valence-corrected chi connectivity index (χ2v) is 4.46. The van der Waals surface area contributed by atoms with Crippen molar-refractivity contribution >= 4 is 16.9 Å². The fourth-order valence-electron chi connectivity index (χ4n) is 1.42. The molecule has 6 heteroatoms. The number of H-pyrrole nitrogens is 1. The van der Waals surface area contributed by atoms with Crippen molar-refractivity contribution in [3.63, 3.8) is 0 Å². The number of nitrogens with zero attached hydrogens (tertiary/aromatic N) is 2. The number of hydrogen-bond donors (Lipinski definition) is 1. The second kappa shape index (κ2) is 6.10. The van der Waals surface area contributed by atoms with Gasteiger partial charge in [-0.15, -0.1) is 16.4 Å². The Morgan fingerprint density at radius 1 is 1.42 bits per heavy atom. The van der Waals surface area contributed by atoms with E-state index in [-0.39, 0.29) is 5.89 Å². The second-order valence-electron chi connectivity index (χ2n) is 3.60. The van der Waals surface area contributed by atoms with Crippen LogP contribution in [0.5, 0.6) is 0 Å². The molecule has 19 heavy (non-hydrogen) atoms. The van der Waals surface area contributed by atoms with Crippen molar-refractivity contribution < 1.29 is 4.42 Å². The lowest BCUT2D eigenvalue weighted by Gasteiger charge is -1.94. The van der Waals surface area contributed by atoms with E-state index in [1.807, 2.05) is 44.2 Å². The van der Waals surface area contributed by atoms with Crippen LogP contribution in [0.25, 0.3) is 17.2 Å². The van der Waals surface area contributed by atoms with Gasteiger partial charge < -0.3 is 4.42 Å². The zero-order valence-corrected chi connectivity index (χ0v) is 11.4. The predicted octanol–water partition coefficient (Wildman–Crippen LogP) is 3.02. The summed E-state index contributed by atoms with van der Waals surface area (Å²) in [6.07, 6.45) is 9.80.